The number of fused-ring (bicyclic) bond motifs is 2. The number of ether oxygens (including phenoxy) is 1. The minimum absolute atomic E-state index is 0.164. The highest BCUT2D eigenvalue weighted by molar-refractivity contribution is 5.71. The van der Waals surface area contributed by atoms with Crippen LogP contribution in [-0.2, 0) is 4.74 Å². The summed E-state index contributed by atoms with van der Waals surface area (Å²) in [5.74, 6) is 0. The van der Waals surface area contributed by atoms with E-state index in [2.05, 4.69) is 13.0 Å². The molecule has 2 aliphatic rings. The zero-order valence-electron chi connectivity index (χ0n) is 9.91. The Balaban J connectivity index is 2.06. The van der Waals surface area contributed by atoms with Gasteiger partial charge in [0, 0.05) is 0 Å². The van der Waals surface area contributed by atoms with Gasteiger partial charge in [-0.15, -0.1) is 0 Å². The lowest BCUT2D eigenvalue weighted by atomic mass is 10.0. The van der Waals surface area contributed by atoms with Gasteiger partial charge in [-0.1, -0.05) is 11.6 Å². The second-order valence-electron chi connectivity index (χ2n) is 5.46. The summed E-state index contributed by atoms with van der Waals surface area (Å²) in [6.45, 7) is 7.82. The maximum absolute atomic E-state index is 11.9. The van der Waals surface area contributed by atoms with Gasteiger partial charge in [-0.2, -0.15) is 0 Å². The molecule has 3 heteroatoms. The Bertz CT molecular complexity index is 314. The van der Waals surface area contributed by atoms with E-state index in [0.29, 0.717) is 6.04 Å². The van der Waals surface area contributed by atoms with Crippen molar-refractivity contribution < 1.29 is 9.53 Å². The van der Waals surface area contributed by atoms with Gasteiger partial charge in [0.05, 0.1) is 12.1 Å². The molecule has 1 saturated heterocycles. The third-order valence-electron chi connectivity index (χ3n) is 3.01. The molecule has 3 nitrogen and oxygen atoms in total. The van der Waals surface area contributed by atoms with Crippen LogP contribution in [0.1, 0.15) is 40.5 Å². The fourth-order valence-electron chi connectivity index (χ4n) is 2.44. The zero-order chi connectivity index (χ0) is 11.2. The van der Waals surface area contributed by atoms with E-state index in [9.17, 15) is 4.79 Å². The molecule has 0 radical (unpaired) electrons. The fraction of sp³-hybridized carbons (Fsp3) is 0.750. The summed E-state index contributed by atoms with van der Waals surface area (Å²) in [4.78, 5) is 13.8. The largest absolute Gasteiger partial charge is 0.444 e. The highest BCUT2D eigenvalue weighted by Gasteiger charge is 2.43. The van der Waals surface area contributed by atoms with Gasteiger partial charge in [0.25, 0.3) is 0 Å². The van der Waals surface area contributed by atoms with Crippen LogP contribution in [0.3, 0.4) is 0 Å². The zero-order valence-corrected chi connectivity index (χ0v) is 9.91. The van der Waals surface area contributed by atoms with Crippen LogP contribution in [-0.4, -0.2) is 28.7 Å². The number of nitrogens with zero attached hydrogens (tertiary/aromatic N) is 1. The van der Waals surface area contributed by atoms with Crippen LogP contribution in [0.4, 0.5) is 4.79 Å². The van der Waals surface area contributed by atoms with Gasteiger partial charge in [0.15, 0.2) is 0 Å². The number of rotatable bonds is 0. The average Bonchev–Trinajstić information content (AvgIpc) is 2.55. The second kappa shape index (κ2) is 3.26. The third kappa shape index (κ3) is 1.87. The summed E-state index contributed by atoms with van der Waals surface area (Å²) in [6, 6.07) is 0.578. The van der Waals surface area contributed by atoms with Crippen molar-refractivity contribution in [2.24, 2.45) is 0 Å². The highest BCUT2D eigenvalue weighted by atomic mass is 16.6. The first-order valence-electron chi connectivity index (χ1n) is 5.58. The minimum Gasteiger partial charge on any atom is -0.444 e. The molecule has 0 aromatic rings. The summed E-state index contributed by atoms with van der Waals surface area (Å²) >= 11 is 0. The lowest BCUT2D eigenvalue weighted by Gasteiger charge is -2.27. The molecule has 0 aliphatic carbocycles. The van der Waals surface area contributed by atoms with Gasteiger partial charge in [-0.25, -0.2) is 4.79 Å². The minimum atomic E-state index is -0.396. The molecule has 0 spiro atoms. The normalized spacial score (nSPS) is 29.3. The van der Waals surface area contributed by atoms with Crippen molar-refractivity contribution in [2.45, 2.75) is 58.2 Å². The quantitative estimate of drug-likeness (QED) is 0.574. The van der Waals surface area contributed by atoms with Crippen LogP contribution >= 0.6 is 0 Å². The number of amides is 1. The molecular weight excluding hydrogens is 190 g/mol. The summed E-state index contributed by atoms with van der Waals surface area (Å²) in [7, 11) is 0. The van der Waals surface area contributed by atoms with Gasteiger partial charge in [-0.3, -0.25) is 4.90 Å². The van der Waals surface area contributed by atoms with Crippen LogP contribution in [0.2, 0.25) is 0 Å². The molecule has 0 aromatic heterocycles. The Labute approximate surface area is 91.1 Å². The monoisotopic (exact) mass is 209 g/mol. The van der Waals surface area contributed by atoms with Crippen molar-refractivity contribution in [1.29, 1.82) is 0 Å². The summed E-state index contributed by atoms with van der Waals surface area (Å²) in [5, 5.41) is 0. The van der Waals surface area contributed by atoms with Crippen molar-refractivity contribution in [1.82, 2.24) is 4.90 Å². The molecule has 15 heavy (non-hydrogen) atoms. The van der Waals surface area contributed by atoms with E-state index in [0.717, 1.165) is 12.8 Å². The molecule has 0 aromatic carbocycles. The van der Waals surface area contributed by atoms with E-state index in [-0.39, 0.29) is 12.1 Å². The summed E-state index contributed by atoms with van der Waals surface area (Å²) < 4.78 is 5.40. The van der Waals surface area contributed by atoms with Crippen LogP contribution in [0.25, 0.3) is 0 Å². The number of hydrogen-bond acceptors (Lipinski definition) is 2. The predicted octanol–water partition coefficient (Wildman–Crippen LogP) is 2.71. The van der Waals surface area contributed by atoms with Crippen LogP contribution in [0.15, 0.2) is 11.6 Å². The van der Waals surface area contributed by atoms with Crippen molar-refractivity contribution in [2.75, 3.05) is 0 Å². The summed E-state index contributed by atoms with van der Waals surface area (Å²) in [6.07, 6.45) is 4.20. The maximum atomic E-state index is 11.9. The Hall–Kier alpha value is -0.990. The van der Waals surface area contributed by atoms with Gasteiger partial charge < -0.3 is 4.74 Å². The predicted molar refractivity (Wildman–Crippen MR) is 58.6 cm³/mol. The van der Waals surface area contributed by atoms with E-state index in [1.807, 2.05) is 25.7 Å². The smallest absolute Gasteiger partial charge is 0.411 e. The van der Waals surface area contributed by atoms with E-state index in [1.165, 1.54) is 5.57 Å². The van der Waals surface area contributed by atoms with Crippen molar-refractivity contribution in [3.63, 3.8) is 0 Å². The fourth-order valence-corrected chi connectivity index (χ4v) is 2.44. The van der Waals surface area contributed by atoms with Crippen molar-refractivity contribution in [3.8, 4) is 0 Å². The first-order valence-corrected chi connectivity index (χ1v) is 5.58. The lowest BCUT2D eigenvalue weighted by molar-refractivity contribution is 0.0228. The Morgan fingerprint density at radius 3 is 2.53 bits per heavy atom. The van der Waals surface area contributed by atoms with E-state index in [4.69, 9.17) is 4.74 Å². The Kier molecular flexibility index (Phi) is 2.28. The third-order valence-corrected chi connectivity index (χ3v) is 3.01. The molecular formula is C12H19NO2. The first kappa shape index (κ1) is 10.5. The van der Waals surface area contributed by atoms with Crippen LogP contribution in [0, 0.1) is 0 Å². The molecule has 2 rings (SSSR count). The Morgan fingerprint density at radius 1 is 1.47 bits per heavy atom. The van der Waals surface area contributed by atoms with Gasteiger partial charge >= 0.3 is 6.09 Å². The molecule has 2 bridgehead atoms. The molecule has 0 saturated carbocycles. The van der Waals surface area contributed by atoms with Crippen LogP contribution < -0.4 is 0 Å². The van der Waals surface area contributed by atoms with Crippen molar-refractivity contribution in [3.05, 3.63) is 11.6 Å². The number of carbonyl (C=O) groups excluding carboxylic acids is 1. The molecule has 84 valence electrons. The number of carbonyl (C=O) groups is 1. The molecule has 2 unspecified atom stereocenters. The van der Waals surface area contributed by atoms with Gasteiger partial charge in [-0.05, 0) is 40.5 Å². The van der Waals surface area contributed by atoms with E-state index >= 15 is 0 Å². The van der Waals surface area contributed by atoms with E-state index < -0.39 is 5.60 Å². The molecule has 1 fully saturated rings. The van der Waals surface area contributed by atoms with Gasteiger partial charge in [0.1, 0.15) is 5.60 Å². The highest BCUT2D eigenvalue weighted by Crippen LogP contribution is 2.37. The van der Waals surface area contributed by atoms with Crippen molar-refractivity contribution >= 4 is 6.09 Å². The molecule has 2 atom stereocenters. The molecule has 2 heterocycles. The maximum Gasteiger partial charge on any atom is 0.411 e. The Morgan fingerprint density at radius 2 is 2.13 bits per heavy atom. The number of hydrogen-bond donors (Lipinski definition) is 0. The molecule has 2 aliphatic heterocycles. The topological polar surface area (TPSA) is 29.5 Å². The van der Waals surface area contributed by atoms with Crippen LogP contribution in [0.5, 0.6) is 0 Å². The standard InChI is InChI=1S/C12H19NO2/c1-8-7-9-5-6-10(8)13(9)11(14)15-12(2,3)4/h7,9-10H,5-6H2,1-4H3. The SMILES string of the molecule is CC1=CC2CCC1N2C(=O)OC(C)(C)C. The van der Waals surface area contributed by atoms with E-state index in [1.54, 1.807) is 0 Å². The summed E-state index contributed by atoms with van der Waals surface area (Å²) in [5.41, 5.74) is 0.921. The lowest BCUT2D eigenvalue weighted by Crippen LogP contribution is -2.40. The average molecular weight is 209 g/mol. The molecule has 1 amide bonds. The second-order valence-corrected chi connectivity index (χ2v) is 5.46. The first-order chi connectivity index (χ1) is 6.88. The molecule has 0 N–H and O–H groups in total. The van der Waals surface area contributed by atoms with Gasteiger partial charge in [0.2, 0.25) is 0 Å².